The molecule has 2 saturated carbocycles. The van der Waals surface area contributed by atoms with E-state index in [0.717, 1.165) is 18.6 Å². The van der Waals surface area contributed by atoms with Crippen molar-refractivity contribution < 1.29 is 14.3 Å². The number of hydrogen-bond acceptors (Lipinski definition) is 4. The van der Waals surface area contributed by atoms with Gasteiger partial charge >= 0.3 is 5.97 Å². The molecule has 0 aromatic heterocycles. The van der Waals surface area contributed by atoms with E-state index in [1.807, 2.05) is 18.7 Å². The average molecular weight is 355 g/mol. The van der Waals surface area contributed by atoms with Crippen molar-refractivity contribution in [1.29, 1.82) is 0 Å². The van der Waals surface area contributed by atoms with Gasteiger partial charge in [-0.2, -0.15) is 11.8 Å². The third-order valence-electron chi connectivity index (χ3n) is 5.66. The lowest BCUT2D eigenvalue weighted by atomic mass is 9.83. The second-order valence-electron chi connectivity index (χ2n) is 7.38. The second kappa shape index (κ2) is 10.5. The summed E-state index contributed by atoms with van der Waals surface area (Å²) >= 11 is 1.86. The van der Waals surface area contributed by atoms with Gasteiger partial charge in [0.2, 0.25) is 0 Å². The standard InChI is InChI=1S/C20H34O3S/c1-3-5-6-7-8-9-17(21)19-15-10-11-16(14-15)20(19)24-13-12-18(22)23-4-2/h15-16,19-20H,3-14H2,1-2H3/t15-,16+,19+,20-/m0/s1. The number of thioether (sulfide) groups is 1. The lowest BCUT2D eigenvalue weighted by molar-refractivity contribution is -0.142. The summed E-state index contributed by atoms with van der Waals surface area (Å²) in [6.45, 7) is 4.52. The number of unbranched alkanes of at least 4 members (excludes halogenated alkanes) is 4. The number of Topliss-reactive ketones (excluding diaryl/α,β-unsaturated/α-hetero) is 1. The Balaban J connectivity index is 1.76. The molecular weight excluding hydrogens is 320 g/mol. The van der Waals surface area contributed by atoms with Crippen molar-refractivity contribution in [2.75, 3.05) is 12.4 Å². The lowest BCUT2D eigenvalue weighted by Gasteiger charge is -2.29. The van der Waals surface area contributed by atoms with Crippen LogP contribution in [0.2, 0.25) is 0 Å². The van der Waals surface area contributed by atoms with Crippen LogP contribution in [0.1, 0.15) is 78.1 Å². The largest absolute Gasteiger partial charge is 0.466 e. The molecule has 0 aliphatic heterocycles. The minimum Gasteiger partial charge on any atom is -0.466 e. The molecule has 0 heterocycles. The van der Waals surface area contributed by atoms with Gasteiger partial charge in [-0.25, -0.2) is 0 Å². The Morgan fingerprint density at radius 1 is 1.00 bits per heavy atom. The number of carbonyl (C=O) groups excluding carboxylic acids is 2. The van der Waals surface area contributed by atoms with Gasteiger partial charge in [0.1, 0.15) is 5.78 Å². The topological polar surface area (TPSA) is 43.4 Å². The number of hydrogen-bond donors (Lipinski definition) is 0. The van der Waals surface area contributed by atoms with E-state index >= 15 is 0 Å². The third-order valence-corrected chi connectivity index (χ3v) is 7.16. The number of fused-ring (bicyclic) bond motifs is 2. The molecule has 0 aromatic rings. The number of rotatable bonds is 12. The Bertz CT molecular complexity index is 410. The summed E-state index contributed by atoms with van der Waals surface area (Å²) in [5.41, 5.74) is 0. The van der Waals surface area contributed by atoms with Crippen LogP contribution in [0.3, 0.4) is 0 Å². The molecule has 2 aliphatic carbocycles. The molecule has 0 radical (unpaired) electrons. The molecule has 0 amide bonds. The van der Waals surface area contributed by atoms with Crippen molar-refractivity contribution in [3.8, 4) is 0 Å². The van der Waals surface area contributed by atoms with Crippen molar-refractivity contribution in [2.24, 2.45) is 17.8 Å². The van der Waals surface area contributed by atoms with Crippen LogP contribution in [0.4, 0.5) is 0 Å². The fourth-order valence-electron chi connectivity index (χ4n) is 4.51. The zero-order chi connectivity index (χ0) is 17.4. The molecule has 2 fully saturated rings. The fourth-order valence-corrected chi connectivity index (χ4v) is 6.16. The Hall–Kier alpha value is -0.510. The van der Waals surface area contributed by atoms with Crippen LogP contribution in [0.15, 0.2) is 0 Å². The maximum absolute atomic E-state index is 12.8. The van der Waals surface area contributed by atoms with Crippen LogP contribution in [-0.4, -0.2) is 29.4 Å². The minimum atomic E-state index is -0.105. The molecule has 3 nitrogen and oxygen atoms in total. The first-order valence-corrected chi connectivity index (χ1v) is 11.0. The second-order valence-corrected chi connectivity index (χ2v) is 8.67. The van der Waals surface area contributed by atoms with Crippen LogP contribution in [0, 0.1) is 17.8 Å². The average Bonchev–Trinajstić information content (AvgIpc) is 3.16. The van der Waals surface area contributed by atoms with Gasteiger partial charge in [-0.15, -0.1) is 0 Å². The Kier molecular flexibility index (Phi) is 8.65. The molecule has 24 heavy (non-hydrogen) atoms. The van der Waals surface area contributed by atoms with Gasteiger partial charge in [0.05, 0.1) is 13.0 Å². The summed E-state index contributed by atoms with van der Waals surface area (Å²) in [6, 6.07) is 0. The smallest absolute Gasteiger partial charge is 0.306 e. The number of carbonyl (C=O) groups is 2. The van der Waals surface area contributed by atoms with Gasteiger partial charge in [0.25, 0.3) is 0 Å². The van der Waals surface area contributed by atoms with Crippen LogP contribution in [0.25, 0.3) is 0 Å². The first-order chi connectivity index (χ1) is 11.7. The molecule has 138 valence electrons. The zero-order valence-electron chi connectivity index (χ0n) is 15.4. The van der Waals surface area contributed by atoms with Crippen molar-refractivity contribution in [2.45, 2.75) is 83.3 Å². The molecule has 0 spiro atoms. The summed E-state index contributed by atoms with van der Waals surface area (Å²) in [7, 11) is 0. The molecule has 2 bridgehead atoms. The quantitative estimate of drug-likeness (QED) is 0.365. The maximum Gasteiger partial charge on any atom is 0.306 e. The molecule has 4 heteroatoms. The SMILES string of the molecule is CCCCCCCC(=O)[C@H]1[C@H]2CC[C@H](C2)[C@@H]1SCCC(=O)OCC. The summed E-state index contributed by atoms with van der Waals surface area (Å²) in [4.78, 5) is 24.3. The van der Waals surface area contributed by atoms with Crippen molar-refractivity contribution in [3.63, 3.8) is 0 Å². The number of ketones is 1. The predicted molar refractivity (Wildman–Crippen MR) is 100 cm³/mol. The number of esters is 1. The van der Waals surface area contributed by atoms with E-state index in [9.17, 15) is 9.59 Å². The predicted octanol–water partition coefficient (Wildman–Crippen LogP) is 5.02. The molecule has 0 N–H and O–H groups in total. The third kappa shape index (κ3) is 5.50. The molecular formula is C20H34O3S. The summed E-state index contributed by atoms with van der Waals surface area (Å²) < 4.78 is 5.01. The molecule has 2 aliphatic rings. The van der Waals surface area contributed by atoms with Crippen molar-refractivity contribution in [3.05, 3.63) is 0 Å². The van der Waals surface area contributed by atoms with E-state index < -0.39 is 0 Å². The van der Waals surface area contributed by atoms with Crippen LogP contribution in [-0.2, 0) is 14.3 Å². The molecule has 0 unspecified atom stereocenters. The summed E-state index contributed by atoms with van der Waals surface area (Å²) in [5, 5.41) is 0.460. The highest BCUT2D eigenvalue weighted by molar-refractivity contribution is 8.00. The first-order valence-electron chi connectivity index (χ1n) is 9.97. The highest BCUT2D eigenvalue weighted by atomic mass is 32.2. The Labute approximate surface area is 151 Å². The first kappa shape index (κ1) is 19.8. The summed E-state index contributed by atoms with van der Waals surface area (Å²) in [5.74, 6) is 2.79. The fraction of sp³-hybridized carbons (Fsp3) is 0.900. The van der Waals surface area contributed by atoms with E-state index in [2.05, 4.69) is 6.92 Å². The maximum atomic E-state index is 12.8. The summed E-state index contributed by atoms with van der Waals surface area (Å²) in [6.07, 6.45) is 11.1. The van der Waals surface area contributed by atoms with E-state index in [0.29, 0.717) is 35.9 Å². The van der Waals surface area contributed by atoms with Crippen LogP contribution in [0.5, 0.6) is 0 Å². The number of ether oxygens (including phenoxy) is 1. The van der Waals surface area contributed by atoms with E-state index in [4.69, 9.17) is 4.74 Å². The monoisotopic (exact) mass is 354 g/mol. The molecule has 0 saturated heterocycles. The Morgan fingerprint density at radius 3 is 2.50 bits per heavy atom. The van der Waals surface area contributed by atoms with E-state index in [1.54, 1.807) is 0 Å². The van der Waals surface area contributed by atoms with E-state index in [-0.39, 0.29) is 11.9 Å². The molecule has 0 aromatic carbocycles. The molecule has 2 rings (SSSR count). The van der Waals surface area contributed by atoms with Gasteiger partial charge < -0.3 is 4.74 Å². The van der Waals surface area contributed by atoms with Crippen LogP contribution < -0.4 is 0 Å². The van der Waals surface area contributed by atoms with Gasteiger partial charge in [0.15, 0.2) is 0 Å². The van der Waals surface area contributed by atoms with Gasteiger partial charge in [-0.1, -0.05) is 32.6 Å². The van der Waals surface area contributed by atoms with Crippen LogP contribution >= 0.6 is 11.8 Å². The van der Waals surface area contributed by atoms with Crippen molar-refractivity contribution in [1.82, 2.24) is 0 Å². The highest BCUT2D eigenvalue weighted by Gasteiger charge is 2.50. The lowest BCUT2D eigenvalue weighted by Crippen LogP contribution is -2.32. The van der Waals surface area contributed by atoms with E-state index in [1.165, 1.54) is 44.9 Å². The molecule has 4 atom stereocenters. The van der Waals surface area contributed by atoms with Gasteiger partial charge in [-0.05, 0) is 44.4 Å². The minimum absolute atomic E-state index is 0.105. The highest BCUT2D eigenvalue weighted by Crippen LogP contribution is 2.53. The van der Waals surface area contributed by atoms with Crippen molar-refractivity contribution >= 4 is 23.5 Å². The zero-order valence-corrected chi connectivity index (χ0v) is 16.2. The normalized spacial score (nSPS) is 28.2. The van der Waals surface area contributed by atoms with Gasteiger partial charge in [0, 0.05) is 23.3 Å². The van der Waals surface area contributed by atoms with Gasteiger partial charge in [-0.3, -0.25) is 9.59 Å². The Morgan fingerprint density at radius 2 is 1.75 bits per heavy atom.